The number of hydrogen-bond donors (Lipinski definition) is 2. The Bertz CT molecular complexity index is 780. The molecule has 1 fully saturated rings. The molecular formula is C22H25NO5. The van der Waals surface area contributed by atoms with E-state index < -0.39 is 12.6 Å². The first-order valence-electron chi connectivity index (χ1n) is 9.57. The lowest BCUT2D eigenvalue weighted by atomic mass is 9.84. The van der Waals surface area contributed by atoms with Crippen LogP contribution >= 0.6 is 0 Å². The van der Waals surface area contributed by atoms with Crippen molar-refractivity contribution in [1.29, 1.82) is 0 Å². The molecular weight excluding hydrogens is 358 g/mol. The number of carbonyl (C=O) groups excluding carboxylic acids is 1. The average Bonchev–Trinajstić information content (AvgIpc) is 2.73. The molecule has 0 saturated heterocycles. The Balaban J connectivity index is 1.44. The van der Waals surface area contributed by atoms with Gasteiger partial charge in [-0.1, -0.05) is 31.4 Å². The minimum absolute atomic E-state index is 0.0833. The molecule has 0 aromatic heterocycles. The van der Waals surface area contributed by atoms with E-state index in [2.05, 4.69) is 17.4 Å². The molecule has 0 unspecified atom stereocenters. The molecule has 0 atom stereocenters. The summed E-state index contributed by atoms with van der Waals surface area (Å²) in [5.74, 6) is 0.437. The maximum Gasteiger partial charge on any atom is 0.341 e. The van der Waals surface area contributed by atoms with Crippen molar-refractivity contribution in [3.05, 3.63) is 54.1 Å². The number of hydrogen-bond acceptors (Lipinski definition) is 4. The fourth-order valence-electron chi connectivity index (χ4n) is 3.40. The molecule has 1 saturated carbocycles. The Morgan fingerprint density at radius 1 is 0.857 bits per heavy atom. The normalized spacial score (nSPS) is 14.3. The highest BCUT2D eigenvalue weighted by Gasteiger charge is 2.15. The largest absolute Gasteiger partial charge is 0.484 e. The minimum Gasteiger partial charge on any atom is -0.484 e. The molecule has 2 aromatic carbocycles. The zero-order valence-electron chi connectivity index (χ0n) is 15.7. The number of nitrogens with one attached hydrogen (secondary N) is 1. The highest BCUT2D eigenvalue weighted by molar-refractivity contribution is 5.91. The number of benzene rings is 2. The lowest BCUT2D eigenvalue weighted by Crippen LogP contribution is -2.20. The molecule has 0 bridgehead atoms. The van der Waals surface area contributed by atoms with Crippen molar-refractivity contribution in [1.82, 2.24) is 0 Å². The summed E-state index contributed by atoms with van der Waals surface area (Å²) in [4.78, 5) is 22.5. The average molecular weight is 383 g/mol. The zero-order valence-corrected chi connectivity index (χ0v) is 15.7. The topological polar surface area (TPSA) is 84.9 Å². The van der Waals surface area contributed by atoms with Crippen LogP contribution in [0.4, 0.5) is 5.69 Å². The summed E-state index contributed by atoms with van der Waals surface area (Å²) >= 11 is 0. The maximum atomic E-state index is 12.1. The van der Waals surface area contributed by atoms with Gasteiger partial charge in [-0.3, -0.25) is 4.79 Å². The van der Waals surface area contributed by atoms with E-state index in [1.807, 2.05) is 12.1 Å². The number of rotatable bonds is 8. The fraction of sp³-hybridized carbons (Fsp3) is 0.364. The Hall–Kier alpha value is -3.02. The molecule has 3 rings (SSSR count). The molecule has 1 amide bonds. The van der Waals surface area contributed by atoms with Crippen molar-refractivity contribution in [3.8, 4) is 11.5 Å². The number of aliphatic carboxylic acids is 1. The molecule has 0 spiro atoms. The van der Waals surface area contributed by atoms with Gasteiger partial charge in [-0.25, -0.2) is 4.79 Å². The quantitative estimate of drug-likeness (QED) is 0.713. The first-order chi connectivity index (χ1) is 13.6. The third-order valence-electron chi connectivity index (χ3n) is 4.83. The zero-order chi connectivity index (χ0) is 19.8. The van der Waals surface area contributed by atoms with E-state index in [-0.39, 0.29) is 12.5 Å². The van der Waals surface area contributed by atoms with Gasteiger partial charge in [-0.2, -0.15) is 0 Å². The highest BCUT2D eigenvalue weighted by atomic mass is 16.5. The van der Waals surface area contributed by atoms with E-state index in [0.717, 1.165) is 0 Å². The standard InChI is InChI=1S/C22H25NO5/c24-21(23-18-8-12-20(13-9-18)28-15-22(25)26)14-27-19-10-6-17(7-11-19)16-4-2-1-3-5-16/h6-13,16H,1-5,14-15H2,(H,23,24)(H,25,26). The molecule has 1 aliphatic carbocycles. The van der Waals surface area contributed by atoms with Crippen molar-refractivity contribution >= 4 is 17.6 Å². The van der Waals surface area contributed by atoms with Crippen LogP contribution in [0.3, 0.4) is 0 Å². The number of amides is 1. The smallest absolute Gasteiger partial charge is 0.341 e. The van der Waals surface area contributed by atoms with Crippen LogP contribution in [0.15, 0.2) is 48.5 Å². The third-order valence-corrected chi connectivity index (χ3v) is 4.83. The number of carbonyl (C=O) groups is 2. The van der Waals surface area contributed by atoms with Gasteiger partial charge in [-0.15, -0.1) is 0 Å². The van der Waals surface area contributed by atoms with Crippen LogP contribution in [0.1, 0.15) is 43.6 Å². The summed E-state index contributed by atoms with van der Waals surface area (Å²) in [6.07, 6.45) is 6.45. The molecule has 6 nitrogen and oxygen atoms in total. The lowest BCUT2D eigenvalue weighted by molar-refractivity contribution is -0.139. The van der Waals surface area contributed by atoms with Crippen LogP contribution < -0.4 is 14.8 Å². The molecule has 148 valence electrons. The molecule has 2 N–H and O–H groups in total. The van der Waals surface area contributed by atoms with Gasteiger partial charge < -0.3 is 19.9 Å². The van der Waals surface area contributed by atoms with E-state index in [4.69, 9.17) is 14.6 Å². The second kappa shape index (κ2) is 9.78. The third kappa shape index (κ3) is 6.01. The second-order valence-electron chi connectivity index (χ2n) is 6.95. The Labute approximate surface area is 164 Å². The summed E-state index contributed by atoms with van der Waals surface area (Å²) in [5.41, 5.74) is 1.94. The van der Waals surface area contributed by atoms with E-state index >= 15 is 0 Å². The molecule has 0 radical (unpaired) electrons. The first-order valence-corrected chi connectivity index (χ1v) is 9.57. The van der Waals surface area contributed by atoms with Gasteiger partial charge in [0.15, 0.2) is 13.2 Å². The summed E-state index contributed by atoms with van der Waals surface area (Å²) in [6.45, 7) is -0.487. The van der Waals surface area contributed by atoms with E-state index in [1.54, 1.807) is 24.3 Å². The Kier molecular flexibility index (Phi) is 6.89. The summed E-state index contributed by atoms with van der Waals surface area (Å²) in [7, 11) is 0. The minimum atomic E-state index is -1.04. The van der Waals surface area contributed by atoms with Crippen LogP contribution in [0.25, 0.3) is 0 Å². The predicted octanol–water partition coefficient (Wildman–Crippen LogP) is 4.22. The van der Waals surface area contributed by atoms with Crippen LogP contribution in [0.5, 0.6) is 11.5 Å². The predicted molar refractivity (Wildman–Crippen MR) is 106 cm³/mol. The van der Waals surface area contributed by atoms with Gasteiger partial charge in [0.1, 0.15) is 11.5 Å². The van der Waals surface area contributed by atoms with Crippen LogP contribution in [0, 0.1) is 0 Å². The number of anilines is 1. The van der Waals surface area contributed by atoms with Crippen LogP contribution in [-0.2, 0) is 9.59 Å². The molecule has 1 aliphatic rings. The van der Waals surface area contributed by atoms with Crippen molar-refractivity contribution in [3.63, 3.8) is 0 Å². The van der Waals surface area contributed by atoms with Crippen molar-refractivity contribution in [2.24, 2.45) is 0 Å². The lowest BCUT2D eigenvalue weighted by Gasteiger charge is -2.22. The monoisotopic (exact) mass is 383 g/mol. The van der Waals surface area contributed by atoms with Gasteiger partial charge in [0.05, 0.1) is 0 Å². The van der Waals surface area contributed by atoms with Gasteiger partial charge in [-0.05, 0) is 60.7 Å². The van der Waals surface area contributed by atoms with Crippen LogP contribution in [0.2, 0.25) is 0 Å². The molecule has 6 heteroatoms. The van der Waals surface area contributed by atoms with E-state index in [1.165, 1.54) is 37.7 Å². The Morgan fingerprint density at radius 3 is 2.04 bits per heavy atom. The van der Waals surface area contributed by atoms with Crippen molar-refractivity contribution < 1.29 is 24.2 Å². The Morgan fingerprint density at radius 2 is 1.43 bits per heavy atom. The number of carboxylic acid groups (broad SMARTS) is 1. The SMILES string of the molecule is O=C(O)COc1ccc(NC(=O)COc2ccc(C3CCCCC3)cc2)cc1. The molecule has 2 aromatic rings. The first kappa shape index (κ1) is 19.7. The summed E-state index contributed by atoms with van der Waals surface area (Å²) in [5, 5.41) is 11.3. The van der Waals surface area contributed by atoms with Gasteiger partial charge in [0, 0.05) is 5.69 Å². The van der Waals surface area contributed by atoms with Crippen molar-refractivity contribution in [2.45, 2.75) is 38.0 Å². The van der Waals surface area contributed by atoms with Gasteiger partial charge in [0.2, 0.25) is 0 Å². The van der Waals surface area contributed by atoms with Crippen LogP contribution in [-0.4, -0.2) is 30.2 Å². The highest BCUT2D eigenvalue weighted by Crippen LogP contribution is 2.33. The van der Waals surface area contributed by atoms with Gasteiger partial charge >= 0.3 is 5.97 Å². The summed E-state index contributed by atoms with van der Waals surface area (Å²) < 4.78 is 10.6. The van der Waals surface area contributed by atoms with Gasteiger partial charge in [0.25, 0.3) is 5.91 Å². The second-order valence-corrected chi connectivity index (χ2v) is 6.95. The summed E-state index contributed by atoms with van der Waals surface area (Å²) in [6, 6.07) is 14.5. The van der Waals surface area contributed by atoms with E-state index in [9.17, 15) is 9.59 Å². The molecule has 0 heterocycles. The van der Waals surface area contributed by atoms with E-state index in [0.29, 0.717) is 23.1 Å². The number of carboxylic acids is 1. The van der Waals surface area contributed by atoms with Crippen molar-refractivity contribution in [2.75, 3.05) is 18.5 Å². The maximum absolute atomic E-state index is 12.1. The molecule has 0 aliphatic heterocycles. The number of ether oxygens (including phenoxy) is 2. The molecule has 28 heavy (non-hydrogen) atoms. The fourth-order valence-corrected chi connectivity index (χ4v) is 3.40.